The van der Waals surface area contributed by atoms with Gasteiger partial charge in [0.05, 0.1) is 11.3 Å². The molecule has 2 amide bonds. The van der Waals surface area contributed by atoms with Crippen molar-refractivity contribution in [1.82, 2.24) is 5.32 Å². The minimum Gasteiger partial charge on any atom is -0.484 e. The number of amides is 2. The summed E-state index contributed by atoms with van der Waals surface area (Å²) in [6.45, 7) is 2.11. The van der Waals surface area contributed by atoms with Crippen molar-refractivity contribution in [2.75, 3.05) is 18.5 Å². The summed E-state index contributed by atoms with van der Waals surface area (Å²) in [4.78, 5) is 24.0. The van der Waals surface area contributed by atoms with Crippen LogP contribution in [0.25, 0.3) is 0 Å². The summed E-state index contributed by atoms with van der Waals surface area (Å²) >= 11 is 0. The zero-order valence-electron chi connectivity index (χ0n) is 14.8. The first kappa shape index (κ1) is 20.3. The molecule has 5 nitrogen and oxygen atoms in total. The zero-order valence-corrected chi connectivity index (χ0v) is 14.8. The van der Waals surface area contributed by atoms with Crippen molar-refractivity contribution in [3.05, 3.63) is 59.2 Å². The maximum atomic E-state index is 12.3. The molecule has 0 bridgehead atoms. The minimum atomic E-state index is -4.52. The number of benzene rings is 2. The summed E-state index contributed by atoms with van der Waals surface area (Å²) in [5.41, 5.74) is 2.14. The average Bonchev–Trinajstić information content (AvgIpc) is 2.60. The average molecular weight is 380 g/mol. The van der Waals surface area contributed by atoms with E-state index in [4.69, 9.17) is 4.74 Å². The lowest BCUT2D eigenvalue weighted by Crippen LogP contribution is -2.34. The van der Waals surface area contributed by atoms with Crippen molar-refractivity contribution in [3.8, 4) is 5.75 Å². The maximum Gasteiger partial charge on any atom is 0.405 e. The number of hydrogen-bond donors (Lipinski definition) is 2. The van der Waals surface area contributed by atoms with Crippen LogP contribution >= 0.6 is 0 Å². The third-order valence-electron chi connectivity index (χ3n) is 3.74. The fraction of sp³-hybridized carbons (Fsp3) is 0.263. The van der Waals surface area contributed by atoms with Gasteiger partial charge in [0.15, 0.2) is 6.61 Å². The van der Waals surface area contributed by atoms with Crippen LogP contribution in [-0.2, 0) is 4.79 Å². The van der Waals surface area contributed by atoms with Gasteiger partial charge in [-0.15, -0.1) is 0 Å². The van der Waals surface area contributed by atoms with E-state index in [2.05, 4.69) is 5.32 Å². The molecule has 0 aromatic heterocycles. The van der Waals surface area contributed by atoms with Crippen LogP contribution in [-0.4, -0.2) is 31.1 Å². The summed E-state index contributed by atoms with van der Waals surface area (Å²) in [6.07, 6.45) is -4.52. The van der Waals surface area contributed by atoms with Crippen molar-refractivity contribution in [1.29, 1.82) is 0 Å². The van der Waals surface area contributed by atoms with Gasteiger partial charge in [-0.1, -0.05) is 18.2 Å². The Hall–Kier alpha value is -3.03. The lowest BCUT2D eigenvalue weighted by molar-refractivity contribution is -0.123. The number of aryl methyl sites for hydroxylation is 2. The van der Waals surface area contributed by atoms with Crippen molar-refractivity contribution < 1.29 is 27.5 Å². The van der Waals surface area contributed by atoms with Crippen molar-refractivity contribution in [3.63, 3.8) is 0 Å². The van der Waals surface area contributed by atoms with E-state index >= 15 is 0 Å². The van der Waals surface area contributed by atoms with Crippen molar-refractivity contribution in [2.45, 2.75) is 20.0 Å². The molecule has 0 heterocycles. The fourth-order valence-corrected chi connectivity index (χ4v) is 2.20. The Balaban J connectivity index is 1.99. The number of carbonyl (C=O) groups excluding carboxylic acids is 2. The molecule has 27 heavy (non-hydrogen) atoms. The van der Waals surface area contributed by atoms with E-state index in [-0.39, 0.29) is 17.9 Å². The molecule has 2 rings (SSSR count). The van der Waals surface area contributed by atoms with Crippen LogP contribution in [0.1, 0.15) is 21.5 Å². The molecule has 0 unspecified atom stereocenters. The van der Waals surface area contributed by atoms with Crippen LogP contribution < -0.4 is 15.4 Å². The molecular weight excluding hydrogens is 361 g/mol. The van der Waals surface area contributed by atoms with Gasteiger partial charge in [0, 0.05) is 0 Å². The Bertz CT molecular complexity index is 835. The van der Waals surface area contributed by atoms with Crippen LogP contribution in [0.5, 0.6) is 5.75 Å². The monoisotopic (exact) mass is 380 g/mol. The van der Waals surface area contributed by atoms with E-state index in [0.717, 1.165) is 11.1 Å². The number of para-hydroxylation sites is 1. The molecule has 0 atom stereocenters. The molecule has 2 N–H and O–H groups in total. The maximum absolute atomic E-state index is 12.3. The third kappa shape index (κ3) is 6.32. The molecule has 144 valence electrons. The number of alkyl halides is 3. The molecule has 0 radical (unpaired) electrons. The SMILES string of the molecule is Cc1ccc(OCC(=O)Nc2ccccc2C(=O)NCC(F)(F)F)cc1C. The molecule has 0 aliphatic heterocycles. The number of halogens is 3. The summed E-state index contributed by atoms with van der Waals surface area (Å²) in [5.74, 6) is -0.952. The van der Waals surface area contributed by atoms with Gasteiger partial charge in [-0.05, 0) is 49.2 Å². The van der Waals surface area contributed by atoms with Gasteiger partial charge < -0.3 is 15.4 Å². The second-order valence-corrected chi connectivity index (χ2v) is 5.93. The summed E-state index contributed by atoms with van der Waals surface area (Å²) in [7, 11) is 0. The third-order valence-corrected chi connectivity index (χ3v) is 3.74. The number of ether oxygens (including phenoxy) is 1. The number of hydrogen-bond acceptors (Lipinski definition) is 3. The van der Waals surface area contributed by atoms with E-state index in [1.807, 2.05) is 19.9 Å². The second kappa shape index (κ2) is 8.57. The van der Waals surface area contributed by atoms with Gasteiger partial charge >= 0.3 is 6.18 Å². The predicted molar refractivity (Wildman–Crippen MR) is 94.9 cm³/mol. The van der Waals surface area contributed by atoms with Crippen molar-refractivity contribution in [2.24, 2.45) is 0 Å². The Morgan fingerprint density at radius 2 is 1.74 bits per heavy atom. The molecule has 0 saturated heterocycles. The first-order chi connectivity index (χ1) is 12.7. The fourth-order valence-electron chi connectivity index (χ4n) is 2.20. The topological polar surface area (TPSA) is 67.4 Å². The Morgan fingerprint density at radius 1 is 1.04 bits per heavy atom. The smallest absolute Gasteiger partial charge is 0.405 e. The molecule has 2 aromatic rings. The molecule has 0 saturated carbocycles. The molecule has 2 aromatic carbocycles. The van der Waals surface area contributed by atoms with Crippen molar-refractivity contribution >= 4 is 17.5 Å². The van der Waals surface area contributed by atoms with Crippen LogP contribution in [0.15, 0.2) is 42.5 Å². The molecule has 8 heteroatoms. The Morgan fingerprint density at radius 3 is 2.41 bits per heavy atom. The highest BCUT2D eigenvalue weighted by Crippen LogP contribution is 2.18. The second-order valence-electron chi connectivity index (χ2n) is 5.93. The zero-order chi connectivity index (χ0) is 20.0. The molecular formula is C19H19F3N2O3. The molecule has 0 fully saturated rings. The Labute approximate surface area is 154 Å². The Kier molecular flexibility index (Phi) is 6.44. The number of rotatable bonds is 6. The highest BCUT2D eigenvalue weighted by molar-refractivity contribution is 6.04. The molecule has 0 spiro atoms. The highest BCUT2D eigenvalue weighted by Gasteiger charge is 2.28. The van der Waals surface area contributed by atoms with E-state index in [1.165, 1.54) is 18.2 Å². The largest absolute Gasteiger partial charge is 0.484 e. The lowest BCUT2D eigenvalue weighted by Gasteiger charge is -2.13. The number of carbonyl (C=O) groups is 2. The summed E-state index contributed by atoms with van der Waals surface area (Å²) in [6, 6.07) is 11.2. The standard InChI is InChI=1S/C19H19F3N2O3/c1-12-7-8-14(9-13(12)2)27-10-17(25)24-16-6-4-3-5-15(16)18(26)23-11-19(20,21)22/h3-9H,10-11H2,1-2H3,(H,23,26)(H,24,25). The van der Waals surface area contributed by atoms with E-state index in [0.29, 0.717) is 5.75 Å². The van der Waals surface area contributed by atoms with Gasteiger partial charge in [-0.3, -0.25) is 9.59 Å². The van der Waals surface area contributed by atoms with Gasteiger partial charge in [0.2, 0.25) is 0 Å². The summed E-state index contributed by atoms with van der Waals surface area (Å²) < 4.78 is 42.2. The lowest BCUT2D eigenvalue weighted by atomic mass is 10.1. The van der Waals surface area contributed by atoms with Gasteiger partial charge in [-0.25, -0.2) is 0 Å². The van der Waals surface area contributed by atoms with E-state index in [1.54, 1.807) is 23.5 Å². The number of nitrogens with one attached hydrogen (secondary N) is 2. The van der Waals surface area contributed by atoms with Crippen LogP contribution in [0, 0.1) is 13.8 Å². The predicted octanol–water partition coefficient (Wildman–Crippen LogP) is 3.61. The number of anilines is 1. The van der Waals surface area contributed by atoms with Crippen LogP contribution in [0.3, 0.4) is 0 Å². The minimum absolute atomic E-state index is 0.0683. The van der Waals surface area contributed by atoms with Crippen LogP contribution in [0.4, 0.5) is 18.9 Å². The van der Waals surface area contributed by atoms with Gasteiger partial charge in [0.25, 0.3) is 11.8 Å². The summed E-state index contributed by atoms with van der Waals surface area (Å²) in [5, 5.41) is 4.25. The molecule has 0 aliphatic rings. The normalized spacial score (nSPS) is 11.0. The molecule has 0 aliphatic carbocycles. The van der Waals surface area contributed by atoms with Gasteiger partial charge in [-0.2, -0.15) is 13.2 Å². The van der Waals surface area contributed by atoms with E-state index < -0.39 is 24.5 Å². The first-order valence-corrected chi connectivity index (χ1v) is 8.09. The highest BCUT2D eigenvalue weighted by atomic mass is 19.4. The van der Waals surface area contributed by atoms with E-state index in [9.17, 15) is 22.8 Å². The quantitative estimate of drug-likeness (QED) is 0.805. The van der Waals surface area contributed by atoms with Crippen LogP contribution in [0.2, 0.25) is 0 Å². The van der Waals surface area contributed by atoms with Gasteiger partial charge in [0.1, 0.15) is 12.3 Å². The first-order valence-electron chi connectivity index (χ1n) is 8.09.